The minimum Gasteiger partial charge on any atom is -0.304 e. The quantitative estimate of drug-likeness (QED) is 0.364. The maximum absolute atomic E-state index is 13.6. The van der Waals surface area contributed by atoms with Gasteiger partial charge >= 0.3 is 0 Å². The molecule has 35 heavy (non-hydrogen) atoms. The fourth-order valence-corrected chi connectivity index (χ4v) is 4.15. The number of fused-ring (bicyclic) bond motifs is 1. The van der Waals surface area contributed by atoms with Crippen molar-refractivity contribution in [2.75, 3.05) is 7.05 Å². The van der Waals surface area contributed by atoms with Crippen molar-refractivity contribution in [1.29, 1.82) is 0 Å². The van der Waals surface area contributed by atoms with Crippen molar-refractivity contribution in [3.63, 3.8) is 0 Å². The number of pyridine rings is 2. The first-order valence-corrected chi connectivity index (χ1v) is 11.1. The third-order valence-electron chi connectivity index (χ3n) is 5.50. The number of aromatic nitrogens is 4. The predicted molar refractivity (Wildman–Crippen MR) is 140 cm³/mol. The summed E-state index contributed by atoms with van der Waals surface area (Å²) in [5, 5.41) is 3.83. The van der Waals surface area contributed by atoms with Crippen LogP contribution in [0, 0.1) is 0 Å². The molecule has 0 amide bonds. The summed E-state index contributed by atoms with van der Waals surface area (Å²) in [7, 11) is 1.90. The van der Waals surface area contributed by atoms with Gasteiger partial charge in [0, 0.05) is 31.6 Å². The number of hydrogen-bond acceptors (Lipinski definition) is 6. The summed E-state index contributed by atoms with van der Waals surface area (Å²) in [5.74, 6) is 0. The number of allylic oxidation sites excluding steroid dienone is 1. The van der Waals surface area contributed by atoms with Gasteiger partial charge in [0.1, 0.15) is 0 Å². The predicted octanol–water partition coefficient (Wildman–Crippen LogP) is 3.40. The van der Waals surface area contributed by atoms with Crippen molar-refractivity contribution < 1.29 is 0 Å². The van der Waals surface area contributed by atoms with Crippen LogP contribution in [-0.4, -0.2) is 44.7 Å². The van der Waals surface area contributed by atoms with Crippen LogP contribution < -0.4 is 11.1 Å². The number of aliphatic imine (C=N–C) groups is 2. The first kappa shape index (κ1) is 24.1. The summed E-state index contributed by atoms with van der Waals surface area (Å²) < 4.78 is 2.86. The van der Waals surface area contributed by atoms with Crippen molar-refractivity contribution in [2.24, 2.45) is 9.98 Å². The van der Waals surface area contributed by atoms with E-state index in [0.29, 0.717) is 46.1 Å². The highest BCUT2D eigenvalue weighted by atomic mass is 35.5. The molecule has 0 spiro atoms. The zero-order valence-corrected chi connectivity index (χ0v) is 19.9. The lowest BCUT2D eigenvalue weighted by atomic mass is 10.2. The van der Waals surface area contributed by atoms with Gasteiger partial charge in [-0.2, -0.15) is 0 Å². The molecule has 0 atom stereocenters. The van der Waals surface area contributed by atoms with E-state index in [1.165, 1.54) is 21.5 Å². The Hall–Kier alpha value is -4.08. The lowest BCUT2D eigenvalue weighted by molar-refractivity contribution is 0.306. The molecule has 10 heteroatoms. The van der Waals surface area contributed by atoms with Crippen LogP contribution in [0.25, 0.3) is 16.6 Å². The number of aromatic amines is 1. The number of H-pyrrole nitrogens is 1. The number of nitrogens with zero attached hydrogens (tertiary/aromatic N) is 6. The Bertz CT molecular complexity index is 1530. The van der Waals surface area contributed by atoms with Crippen LogP contribution in [0.1, 0.15) is 11.4 Å². The summed E-state index contributed by atoms with van der Waals surface area (Å²) in [4.78, 5) is 40.9. The second-order valence-corrected chi connectivity index (χ2v) is 8.37. The molecule has 3 aromatic heterocycles. The van der Waals surface area contributed by atoms with Gasteiger partial charge in [0.05, 0.1) is 45.2 Å². The molecule has 3 heterocycles. The molecule has 1 N–H and O–H groups in total. The van der Waals surface area contributed by atoms with E-state index in [9.17, 15) is 9.59 Å². The molecule has 4 rings (SSSR count). The molecular formula is C25H24ClN7O2. The molecule has 0 radical (unpaired) electrons. The van der Waals surface area contributed by atoms with Gasteiger partial charge in [-0.1, -0.05) is 29.8 Å². The second kappa shape index (κ2) is 10.5. The van der Waals surface area contributed by atoms with E-state index in [4.69, 9.17) is 11.6 Å². The van der Waals surface area contributed by atoms with Gasteiger partial charge in [-0.15, -0.1) is 0 Å². The standard InChI is InChI=1S/C25H24ClN7O2/c1-27-13-18(28-2)15-32-22(16-31(3)14-17-8-6-7-11-29-17)24-20(12-23(32)34)30-33(25(24)35)21-10-5-4-9-19(21)26/h4-13,30H,1-2,14-16H2,3H3/b18-13-. The fourth-order valence-electron chi connectivity index (χ4n) is 3.93. The summed E-state index contributed by atoms with van der Waals surface area (Å²) in [6.45, 7) is 7.91. The number of hydrogen-bond donors (Lipinski definition) is 1. The van der Waals surface area contributed by atoms with Crippen LogP contribution >= 0.6 is 11.6 Å². The average molecular weight is 490 g/mol. The van der Waals surface area contributed by atoms with Gasteiger partial charge in [0.25, 0.3) is 11.1 Å². The van der Waals surface area contributed by atoms with E-state index < -0.39 is 0 Å². The lowest BCUT2D eigenvalue weighted by Gasteiger charge is -2.20. The van der Waals surface area contributed by atoms with E-state index in [0.717, 1.165) is 5.69 Å². The Labute approximate surface area is 206 Å². The zero-order valence-electron chi connectivity index (χ0n) is 19.2. The molecule has 1 aromatic carbocycles. The monoisotopic (exact) mass is 489 g/mol. The maximum atomic E-state index is 13.6. The van der Waals surface area contributed by atoms with Crippen LogP contribution in [0.15, 0.2) is 86.2 Å². The largest absolute Gasteiger partial charge is 0.304 e. The average Bonchev–Trinajstić information content (AvgIpc) is 3.17. The Balaban J connectivity index is 1.90. The first-order valence-electron chi connectivity index (χ1n) is 10.7. The maximum Gasteiger partial charge on any atom is 0.280 e. The van der Waals surface area contributed by atoms with Gasteiger partial charge in [0.15, 0.2) is 0 Å². The minimum absolute atomic E-state index is 0.0841. The van der Waals surface area contributed by atoms with E-state index in [1.54, 1.807) is 30.5 Å². The molecule has 0 saturated carbocycles. The third-order valence-corrected chi connectivity index (χ3v) is 5.82. The van der Waals surface area contributed by atoms with E-state index >= 15 is 0 Å². The molecule has 0 aliphatic carbocycles. The van der Waals surface area contributed by atoms with Crippen molar-refractivity contribution >= 4 is 35.9 Å². The van der Waals surface area contributed by atoms with Crippen LogP contribution in [0.5, 0.6) is 0 Å². The Morgan fingerprint density at radius 3 is 2.63 bits per heavy atom. The molecule has 0 saturated heterocycles. The number of para-hydroxylation sites is 1. The van der Waals surface area contributed by atoms with Gasteiger partial charge in [0.2, 0.25) is 0 Å². The van der Waals surface area contributed by atoms with Gasteiger partial charge in [-0.3, -0.25) is 34.6 Å². The van der Waals surface area contributed by atoms with E-state index in [-0.39, 0.29) is 17.7 Å². The molecule has 0 aliphatic heterocycles. The Kier molecular flexibility index (Phi) is 7.19. The third kappa shape index (κ3) is 5.06. The van der Waals surface area contributed by atoms with Crippen LogP contribution in [0.2, 0.25) is 5.02 Å². The summed E-state index contributed by atoms with van der Waals surface area (Å²) >= 11 is 6.35. The van der Waals surface area contributed by atoms with Gasteiger partial charge < -0.3 is 4.57 Å². The highest BCUT2D eigenvalue weighted by Crippen LogP contribution is 2.21. The van der Waals surface area contributed by atoms with Crippen molar-refractivity contribution in [3.05, 3.63) is 104 Å². The first-order chi connectivity index (χ1) is 16.9. The normalized spacial score (nSPS) is 11.8. The van der Waals surface area contributed by atoms with Crippen LogP contribution in [0.4, 0.5) is 0 Å². The molecule has 0 bridgehead atoms. The van der Waals surface area contributed by atoms with Crippen molar-refractivity contribution in [2.45, 2.75) is 19.6 Å². The lowest BCUT2D eigenvalue weighted by Crippen LogP contribution is -2.29. The van der Waals surface area contributed by atoms with Crippen molar-refractivity contribution in [1.82, 2.24) is 24.2 Å². The fraction of sp³-hybridized carbons (Fsp3) is 0.160. The van der Waals surface area contributed by atoms with Crippen LogP contribution in [-0.2, 0) is 19.6 Å². The smallest absolute Gasteiger partial charge is 0.280 e. The second-order valence-electron chi connectivity index (χ2n) is 7.96. The van der Waals surface area contributed by atoms with E-state index in [2.05, 4.69) is 33.5 Å². The van der Waals surface area contributed by atoms with Crippen LogP contribution in [0.3, 0.4) is 0 Å². The zero-order chi connectivity index (χ0) is 24.9. The molecule has 0 aliphatic rings. The highest BCUT2D eigenvalue weighted by Gasteiger charge is 2.20. The highest BCUT2D eigenvalue weighted by molar-refractivity contribution is 6.32. The molecular weight excluding hydrogens is 466 g/mol. The Morgan fingerprint density at radius 2 is 1.94 bits per heavy atom. The topological polar surface area (TPSA) is 101 Å². The van der Waals surface area contributed by atoms with Crippen molar-refractivity contribution in [3.8, 4) is 5.69 Å². The molecule has 4 aromatic rings. The molecule has 0 fully saturated rings. The summed E-state index contributed by atoms with van der Waals surface area (Å²) in [6, 6.07) is 14.1. The van der Waals surface area contributed by atoms with Gasteiger partial charge in [-0.25, -0.2) is 4.68 Å². The summed E-state index contributed by atoms with van der Waals surface area (Å²) in [6.07, 6.45) is 3.16. The Morgan fingerprint density at radius 1 is 1.17 bits per heavy atom. The van der Waals surface area contributed by atoms with Gasteiger partial charge in [-0.05, 0) is 44.7 Å². The molecule has 0 unspecified atom stereocenters. The molecule has 9 nitrogen and oxygen atoms in total. The number of nitrogens with one attached hydrogen (secondary N) is 1. The van der Waals surface area contributed by atoms with E-state index in [1.807, 2.05) is 30.1 Å². The SMILES string of the molecule is C=N/C=C(/Cn1c(CN(C)Cc2ccccn2)c2c(=O)n(-c3ccccc3Cl)[nH]c2cc1=O)N=C. The summed E-state index contributed by atoms with van der Waals surface area (Å²) in [5.41, 5.74) is 2.12. The number of benzene rings is 1. The number of halogens is 1. The number of rotatable bonds is 9. The molecule has 178 valence electrons. The minimum atomic E-state index is -0.318.